The van der Waals surface area contributed by atoms with Gasteiger partial charge in [0, 0.05) is 24.3 Å². The lowest BCUT2D eigenvalue weighted by atomic mass is 9.99. The molecule has 2 saturated heterocycles. The minimum absolute atomic E-state index is 0.0361. The lowest BCUT2D eigenvalue weighted by Gasteiger charge is -2.39. The molecular weight excluding hydrogens is 620 g/mol. The van der Waals surface area contributed by atoms with Crippen LogP contribution < -0.4 is 18.9 Å². The van der Waals surface area contributed by atoms with Crippen molar-refractivity contribution in [1.82, 2.24) is 0 Å². The quantitative estimate of drug-likeness (QED) is 0.114. The number of aliphatic hydroxyl groups is 8. The summed E-state index contributed by atoms with van der Waals surface area (Å²) < 4.78 is 39.3. The summed E-state index contributed by atoms with van der Waals surface area (Å²) in [5.41, 5.74) is 0.120. The van der Waals surface area contributed by atoms with E-state index < -0.39 is 74.6 Å². The second kappa shape index (κ2) is 13.5. The Morgan fingerprint density at radius 1 is 0.630 bits per heavy atom. The van der Waals surface area contributed by atoms with Gasteiger partial charge >= 0.3 is 11.3 Å². The molecule has 0 unspecified atom stereocenters. The van der Waals surface area contributed by atoms with Gasteiger partial charge in [0.05, 0.1) is 39.1 Å². The molecule has 2 aromatic carbocycles. The number of aromatic hydroxyl groups is 2. The van der Waals surface area contributed by atoms with E-state index in [9.17, 15) is 51.1 Å². The van der Waals surface area contributed by atoms with E-state index in [1.807, 2.05) is 0 Å². The number of phenolic OH excluding ortho intramolecular Hbond substituents is 2. The fourth-order valence-corrected chi connectivity index (χ4v) is 5.16. The van der Waals surface area contributed by atoms with Crippen LogP contribution >= 0.6 is 0 Å². The van der Waals surface area contributed by atoms with Crippen LogP contribution in [0, 0.1) is 0 Å². The van der Waals surface area contributed by atoms with E-state index in [0.29, 0.717) is 0 Å². The van der Waals surface area contributed by atoms with Crippen LogP contribution in [0.2, 0.25) is 0 Å². The normalized spacial score (nSPS) is 31.4. The zero-order chi connectivity index (χ0) is 33.4. The molecule has 10 N–H and O–H groups in total. The number of aliphatic hydroxyl groups excluding tert-OH is 8. The number of hydrogen-bond acceptors (Lipinski definition) is 16. The van der Waals surface area contributed by atoms with Gasteiger partial charge in [-0.25, -0.2) is 4.42 Å². The van der Waals surface area contributed by atoms with Gasteiger partial charge < -0.3 is 79.5 Å². The van der Waals surface area contributed by atoms with Gasteiger partial charge in [-0.1, -0.05) is 0 Å². The summed E-state index contributed by atoms with van der Waals surface area (Å²) in [6.45, 7) is -1.45. The zero-order valence-corrected chi connectivity index (χ0v) is 24.4. The smallest absolute Gasteiger partial charge is 0.402 e. The zero-order valence-electron chi connectivity index (χ0n) is 24.4. The maximum atomic E-state index is 10.7. The van der Waals surface area contributed by atoms with E-state index >= 15 is 0 Å². The highest BCUT2D eigenvalue weighted by Crippen LogP contribution is 2.46. The standard InChI is InChI=1S/C29H34O17/c1-40-15-3-10(4-16(41-2)20(15)33)27-17(44-29-26(39)24(37)22(35)19(9-31)46-29)7-12-13(42-27)5-11(32)6-14(12)43-28-25(38)23(36)21(34)18(8-30)45-28/h3-7,18-19,21-26,28-31,34-39H,8-9H2,1-2H3,(H-,32,33)/p+1/t18-,19-,21-,22-,23-,24+,25-,26-,28-,29-/m1/s1. The van der Waals surface area contributed by atoms with Crippen LogP contribution in [0.15, 0.2) is 34.7 Å². The first-order chi connectivity index (χ1) is 21.9. The van der Waals surface area contributed by atoms with Crippen LogP contribution in [-0.4, -0.2) is 140 Å². The molecule has 1 aromatic heterocycles. The molecule has 17 heteroatoms. The molecule has 2 aliphatic heterocycles. The number of methoxy groups -OCH3 is 2. The molecule has 0 amide bonds. The Kier molecular flexibility index (Phi) is 9.89. The number of phenols is 2. The van der Waals surface area contributed by atoms with Crippen LogP contribution in [0.3, 0.4) is 0 Å². The minimum atomic E-state index is -1.82. The summed E-state index contributed by atoms with van der Waals surface area (Å²) in [4.78, 5) is 0. The monoisotopic (exact) mass is 655 g/mol. The molecule has 3 aromatic rings. The van der Waals surface area contributed by atoms with Gasteiger partial charge in [0.15, 0.2) is 11.5 Å². The summed E-state index contributed by atoms with van der Waals surface area (Å²) in [7, 11) is 2.59. The van der Waals surface area contributed by atoms with E-state index in [2.05, 4.69) is 0 Å². The highest BCUT2D eigenvalue weighted by atomic mass is 16.7. The maximum absolute atomic E-state index is 10.7. The summed E-state index contributed by atoms with van der Waals surface area (Å²) >= 11 is 0. The summed E-state index contributed by atoms with van der Waals surface area (Å²) in [5.74, 6) is -1.32. The van der Waals surface area contributed by atoms with Gasteiger partial charge in [0.1, 0.15) is 65.7 Å². The lowest BCUT2D eigenvalue weighted by molar-refractivity contribution is -0.277. The van der Waals surface area contributed by atoms with Crippen LogP contribution in [0.25, 0.3) is 22.3 Å². The van der Waals surface area contributed by atoms with Crippen molar-refractivity contribution in [3.63, 3.8) is 0 Å². The molecule has 10 atom stereocenters. The summed E-state index contributed by atoms with van der Waals surface area (Å²) in [6.07, 6.45) is -16.5. The molecule has 17 nitrogen and oxygen atoms in total. The van der Waals surface area contributed by atoms with Crippen molar-refractivity contribution in [2.75, 3.05) is 27.4 Å². The first kappa shape index (κ1) is 33.6. The Morgan fingerprint density at radius 3 is 1.61 bits per heavy atom. The Hall–Kier alpha value is -3.75. The van der Waals surface area contributed by atoms with Gasteiger partial charge in [0.25, 0.3) is 0 Å². The van der Waals surface area contributed by atoms with E-state index in [0.717, 1.165) is 6.07 Å². The molecule has 0 radical (unpaired) electrons. The summed E-state index contributed by atoms with van der Waals surface area (Å²) in [6, 6.07) is 6.34. The molecule has 0 aliphatic carbocycles. The Morgan fingerprint density at radius 2 is 1.13 bits per heavy atom. The molecule has 2 aliphatic rings. The maximum Gasteiger partial charge on any atom is 0.402 e. The molecule has 0 saturated carbocycles. The average molecular weight is 656 g/mol. The predicted octanol–water partition coefficient (Wildman–Crippen LogP) is -1.83. The molecule has 252 valence electrons. The van der Waals surface area contributed by atoms with Crippen molar-refractivity contribution in [2.45, 2.75) is 61.4 Å². The topological polar surface area (TPSA) is 269 Å². The van der Waals surface area contributed by atoms with Crippen LogP contribution in [0.5, 0.6) is 34.5 Å². The van der Waals surface area contributed by atoms with Gasteiger partial charge in [-0.15, -0.1) is 0 Å². The molecule has 5 rings (SSSR count). The van der Waals surface area contributed by atoms with Gasteiger partial charge in [-0.3, -0.25) is 0 Å². The fourth-order valence-electron chi connectivity index (χ4n) is 5.16. The second-order valence-electron chi connectivity index (χ2n) is 10.7. The number of hydrogen-bond donors (Lipinski definition) is 10. The number of ether oxygens (including phenoxy) is 6. The molecule has 2 fully saturated rings. The van der Waals surface area contributed by atoms with Crippen molar-refractivity contribution in [1.29, 1.82) is 0 Å². The van der Waals surface area contributed by atoms with E-state index in [4.69, 9.17) is 32.8 Å². The fraction of sp³-hybridized carbons (Fsp3) is 0.483. The SMILES string of the molecule is COc1cc(-c2[o+]c3cc(O)cc(O[C@@H]4O[C@H](CO)[C@@H](O)[C@@H](O)[C@H]4O)c3cc2O[C@@H]2O[C@H](CO)[C@@H](O)[C@H](O)[C@H]2O)cc(OC)c1O. The first-order valence-corrected chi connectivity index (χ1v) is 14.0. The molecule has 0 spiro atoms. The van der Waals surface area contributed by atoms with Crippen molar-refractivity contribution in [3.05, 3.63) is 30.3 Å². The average Bonchev–Trinajstić information content (AvgIpc) is 3.05. The first-order valence-electron chi connectivity index (χ1n) is 14.0. The minimum Gasteiger partial charge on any atom is -0.507 e. The Balaban J connectivity index is 1.65. The molecule has 0 bridgehead atoms. The van der Waals surface area contributed by atoms with E-state index in [-0.39, 0.29) is 56.8 Å². The van der Waals surface area contributed by atoms with E-state index in [1.165, 1.54) is 38.5 Å². The van der Waals surface area contributed by atoms with Crippen molar-refractivity contribution < 1.29 is 83.9 Å². The third kappa shape index (κ3) is 6.17. The Labute approximate surface area is 260 Å². The predicted molar refractivity (Wildman–Crippen MR) is 151 cm³/mol. The Bertz CT molecular complexity index is 1500. The van der Waals surface area contributed by atoms with E-state index in [1.54, 1.807) is 0 Å². The highest BCUT2D eigenvalue weighted by Gasteiger charge is 2.47. The van der Waals surface area contributed by atoms with Crippen LogP contribution in [0.4, 0.5) is 0 Å². The molecule has 46 heavy (non-hydrogen) atoms. The van der Waals surface area contributed by atoms with Gasteiger partial charge in [-0.2, -0.15) is 0 Å². The third-order valence-electron chi connectivity index (χ3n) is 7.73. The van der Waals surface area contributed by atoms with Crippen molar-refractivity contribution in [2.24, 2.45) is 0 Å². The molecule has 3 heterocycles. The summed E-state index contributed by atoms with van der Waals surface area (Å²) in [5, 5.41) is 102. The second-order valence-corrected chi connectivity index (χ2v) is 10.7. The number of rotatable bonds is 9. The van der Waals surface area contributed by atoms with Crippen molar-refractivity contribution >= 4 is 11.0 Å². The largest absolute Gasteiger partial charge is 0.507 e. The van der Waals surface area contributed by atoms with Crippen LogP contribution in [0.1, 0.15) is 0 Å². The van der Waals surface area contributed by atoms with Gasteiger partial charge in [0.2, 0.25) is 24.1 Å². The van der Waals surface area contributed by atoms with Crippen molar-refractivity contribution in [3.8, 4) is 45.8 Å². The number of fused-ring (bicyclic) bond motifs is 1. The number of benzene rings is 2. The molecular formula is C29H35O17+. The third-order valence-corrected chi connectivity index (χ3v) is 7.73. The lowest BCUT2D eigenvalue weighted by Crippen LogP contribution is -2.60. The highest BCUT2D eigenvalue weighted by molar-refractivity contribution is 5.89. The van der Waals surface area contributed by atoms with Gasteiger partial charge in [-0.05, 0) is 0 Å². The van der Waals surface area contributed by atoms with Crippen LogP contribution in [-0.2, 0) is 9.47 Å².